The lowest BCUT2D eigenvalue weighted by Gasteiger charge is -2.20. The number of guanidine groups is 1. The minimum absolute atomic E-state index is 0.643. The molecule has 2 unspecified atom stereocenters. The second-order valence-corrected chi connectivity index (χ2v) is 5.92. The maximum Gasteiger partial charge on any atom is 0.191 e. The number of aliphatic imine (C=N–C) groups is 1. The number of hydrogen-bond donors (Lipinski definition) is 2. The van der Waals surface area contributed by atoms with Crippen molar-refractivity contribution in [3.05, 3.63) is 0 Å². The topological polar surface area (TPSA) is 39.7 Å². The van der Waals surface area contributed by atoms with Crippen molar-refractivity contribution in [3.8, 4) is 0 Å². The molecule has 1 aliphatic rings. The number of hydrogen-bond acceptors (Lipinski definition) is 2. The lowest BCUT2D eigenvalue weighted by Crippen LogP contribution is -2.39. The van der Waals surface area contributed by atoms with Crippen LogP contribution in [0.4, 0.5) is 0 Å². The van der Waals surface area contributed by atoms with Gasteiger partial charge in [0, 0.05) is 19.1 Å². The summed E-state index contributed by atoms with van der Waals surface area (Å²) in [4.78, 5) is 7.24. The summed E-state index contributed by atoms with van der Waals surface area (Å²) < 4.78 is 0. The minimum Gasteiger partial charge on any atom is -0.357 e. The van der Waals surface area contributed by atoms with Crippen LogP contribution < -0.4 is 10.6 Å². The van der Waals surface area contributed by atoms with Gasteiger partial charge in [-0.2, -0.15) is 0 Å². The van der Waals surface area contributed by atoms with Crippen LogP contribution in [0.1, 0.15) is 53.4 Å². The van der Waals surface area contributed by atoms with E-state index >= 15 is 0 Å². The van der Waals surface area contributed by atoms with Crippen LogP contribution in [0.5, 0.6) is 0 Å². The zero-order valence-corrected chi connectivity index (χ0v) is 13.9. The van der Waals surface area contributed by atoms with Crippen LogP contribution in [0, 0.1) is 5.92 Å². The molecule has 20 heavy (non-hydrogen) atoms. The van der Waals surface area contributed by atoms with E-state index in [-0.39, 0.29) is 0 Å². The summed E-state index contributed by atoms with van der Waals surface area (Å²) in [5, 5.41) is 6.84. The average molecular weight is 282 g/mol. The molecule has 0 aromatic rings. The molecule has 1 aliphatic carbocycles. The van der Waals surface area contributed by atoms with E-state index in [1.54, 1.807) is 0 Å². The van der Waals surface area contributed by atoms with Gasteiger partial charge in [0.2, 0.25) is 0 Å². The van der Waals surface area contributed by atoms with Gasteiger partial charge in [0.25, 0.3) is 0 Å². The van der Waals surface area contributed by atoms with Crippen molar-refractivity contribution < 1.29 is 0 Å². The Labute approximate surface area is 125 Å². The quantitative estimate of drug-likeness (QED) is 0.367. The first-order chi connectivity index (χ1) is 9.71. The Morgan fingerprint density at radius 1 is 1.15 bits per heavy atom. The van der Waals surface area contributed by atoms with Gasteiger partial charge in [0.15, 0.2) is 5.96 Å². The average Bonchev–Trinajstić information content (AvgIpc) is 3.10. The second kappa shape index (κ2) is 10.0. The Hall–Kier alpha value is -0.770. The van der Waals surface area contributed by atoms with Crippen molar-refractivity contribution in [2.45, 2.75) is 59.4 Å². The fourth-order valence-electron chi connectivity index (χ4n) is 2.47. The molecule has 1 rings (SSSR count). The molecular formula is C16H34N4. The van der Waals surface area contributed by atoms with Crippen molar-refractivity contribution in [2.24, 2.45) is 10.9 Å². The van der Waals surface area contributed by atoms with Gasteiger partial charge >= 0.3 is 0 Å². The first-order valence-electron chi connectivity index (χ1n) is 8.48. The highest BCUT2D eigenvalue weighted by molar-refractivity contribution is 5.80. The first-order valence-corrected chi connectivity index (χ1v) is 8.48. The summed E-state index contributed by atoms with van der Waals surface area (Å²) >= 11 is 0. The molecule has 0 aromatic carbocycles. The van der Waals surface area contributed by atoms with Gasteiger partial charge in [0.05, 0.1) is 0 Å². The minimum atomic E-state index is 0.643. The lowest BCUT2D eigenvalue weighted by molar-refractivity contribution is 0.273. The Bertz CT molecular complexity index is 272. The maximum atomic E-state index is 4.69. The van der Waals surface area contributed by atoms with E-state index in [0.717, 1.165) is 31.4 Å². The zero-order valence-electron chi connectivity index (χ0n) is 13.9. The van der Waals surface area contributed by atoms with E-state index < -0.39 is 0 Å². The highest BCUT2D eigenvalue weighted by atomic mass is 15.2. The molecule has 1 fully saturated rings. The molecule has 1 saturated carbocycles. The predicted octanol–water partition coefficient (Wildman–Crippen LogP) is 2.46. The molecule has 0 spiro atoms. The summed E-state index contributed by atoms with van der Waals surface area (Å²) in [7, 11) is 0. The van der Waals surface area contributed by atoms with Crippen LogP contribution in [0.25, 0.3) is 0 Å². The molecule has 0 radical (unpaired) electrons. The standard InChI is InChI=1S/C16H34N4/c1-5-10-20(11-6-2)12-8-9-18-16(17-7-3)19-15-13-14(15)4/h14-15H,5-13H2,1-4H3,(H2,17,18,19). The lowest BCUT2D eigenvalue weighted by atomic mass is 10.3. The molecular weight excluding hydrogens is 248 g/mol. The van der Waals surface area contributed by atoms with Crippen LogP contribution in [-0.2, 0) is 0 Å². The van der Waals surface area contributed by atoms with Crippen LogP contribution in [0.15, 0.2) is 4.99 Å². The highest BCUT2D eigenvalue weighted by Gasteiger charge is 2.33. The molecule has 0 aliphatic heterocycles. The monoisotopic (exact) mass is 282 g/mol. The Balaban J connectivity index is 2.24. The number of nitrogens with zero attached hydrogens (tertiary/aromatic N) is 2. The van der Waals surface area contributed by atoms with Crippen LogP contribution >= 0.6 is 0 Å². The Kier molecular flexibility index (Phi) is 8.67. The van der Waals surface area contributed by atoms with Gasteiger partial charge in [-0.15, -0.1) is 0 Å². The van der Waals surface area contributed by atoms with E-state index in [2.05, 4.69) is 48.2 Å². The third-order valence-electron chi connectivity index (χ3n) is 3.76. The molecule has 4 nitrogen and oxygen atoms in total. The van der Waals surface area contributed by atoms with Gasteiger partial charge in [-0.05, 0) is 58.2 Å². The predicted molar refractivity (Wildman–Crippen MR) is 88.3 cm³/mol. The fourth-order valence-corrected chi connectivity index (χ4v) is 2.47. The smallest absolute Gasteiger partial charge is 0.191 e. The molecule has 4 heteroatoms. The summed E-state index contributed by atoms with van der Waals surface area (Å²) in [5.74, 6) is 1.81. The van der Waals surface area contributed by atoms with Crippen molar-refractivity contribution in [3.63, 3.8) is 0 Å². The van der Waals surface area contributed by atoms with E-state index in [0.29, 0.717) is 6.04 Å². The molecule has 2 atom stereocenters. The fraction of sp³-hybridized carbons (Fsp3) is 0.938. The van der Waals surface area contributed by atoms with Gasteiger partial charge in [0.1, 0.15) is 0 Å². The summed E-state index contributed by atoms with van der Waals surface area (Å²) in [6.45, 7) is 14.4. The highest BCUT2D eigenvalue weighted by Crippen LogP contribution is 2.28. The SMILES string of the molecule is CCCN(CCC)CCCN=C(NCC)NC1CC1C. The van der Waals surface area contributed by atoms with Crippen LogP contribution in [-0.4, -0.2) is 49.6 Å². The van der Waals surface area contributed by atoms with Gasteiger partial charge in [-0.1, -0.05) is 20.8 Å². The molecule has 0 amide bonds. The largest absolute Gasteiger partial charge is 0.357 e. The summed E-state index contributed by atoms with van der Waals surface area (Å²) in [5.41, 5.74) is 0. The van der Waals surface area contributed by atoms with Crippen LogP contribution in [0.2, 0.25) is 0 Å². The van der Waals surface area contributed by atoms with E-state index in [9.17, 15) is 0 Å². The molecule has 0 saturated heterocycles. The van der Waals surface area contributed by atoms with E-state index in [4.69, 9.17) is 0 Å². The Morgan fingerprint density at radius 3 is 2.30 bits per heavy atom. The maximum absolute atomic E-state index is 4.69. The second-order valence-electron chi connectivity index (χ2n) is 5.92. The normalized spacial score (nSPS) is 22.1. The van der Waals surface area contributed by atoms with Crippen LogP contribution in [0.3, 0.4) is 0 Å². The van der Waals surface area contributed by atoms with E-state index in [1.165, 1.54) is 38.9 Å². The molecule has 0 bridgehead atoms. The van der Waals surface area contributed by atoms with Crippen molar-refractivity contribution >= 4 is 5.96 Å². The molecule has 2 N–H and O–H groups in total. The molecule has 0 heterocycles. The van der Waals surface area contributed by atoms with Crippen molar-refractivity contribution in [1.29, 1.82) is 0 Å². The third-order valence-corrected chi connectivity index (χ3v) is 3.76. The van der Waals surface area contributed by atoms with Gasteiger partial charge in [-0.3, -0.25) is 4.99 Å². The summed E-state index contributed by atoms with van der Waals surface area (Å²) in [6.07, 6.45) is 4.92. The number of nitrogens with one attached hydrogen (secondary N) is 2. The molecule has 118 valence electrons. The van der Waals surface area contributed by atoms with Crippen molar-refractivity contribution in [1.82, 2.24) is 15.5 Å². The van der Waals surface area contributed by atoms with Crippen molar-refractivity contribution in [2.75, 3.05) is 32.7 Å². The Morgan fingerprint density at radius 2 is 1.80 bits per heavy atom. The molecule has 0 aromatic heterocycles. The first kappa shape index (κ1) is 17.3. The van der Waals surface area contributed by atoms with E-state index in [1.807, 2.05) is 0 Å². The van der Waals surface area contributed by atoms with Gasteiger partial charge in [-0.25, -0.2) is 0 Å². The third kappa shape index (κ3) is 7.13. The number of rotatable bonds is 10. The summed E-state index contributed by atoms with van der Waals surface area (Å²) in [6, 6.07) is 0.643. The van der Waals surface area contributed by atoms with Gasteiger partial charge < -0.3 is 15.5 Å². The zero-order chi connectivity index (χ0) is 14.8.